The molecule has 0 bridgehead atoms. The van der Waals surface area contributed by atoms with Crippen LogP contribution in [-0.4, -0.2) is 45.3 Å². The molecule has 28 heavy (non-hydrogen) atoms. The number of hydrogen-bond acceptors (Lipinski definition) is 2. The fourth-order valence-corrected chi connectivity index (χ4v) is 3.38. The van der Waals surface area contributed by atoms with Gasteiger partial charge in [0.1, 0.15) is 6.54 Å². The summed E-state index contributed by atoms with van der Waals surface area (Å²) in [6.45, 7) is 3.51. The van der Waals surface area contributed by atoms with Crippen molar-refractivity contribution in [2.24, 2.45) is 7.05 Å². The average Bonchev–Trinajstić information content (AvgIpc) is 3.45. The van der Waals surface area contributed by atoms with Crippen LogP contribution in [-0.2, 0) is 18.4 Å². The van der Waals surface area contributed by atoms with Crippen molar-refractivity contribution in [1.82, 2.24) is 14.4 Å². The lowest BCUT2D eigenvalue weighted by molar-refractivity contribution is -0.132. The summed E-state index contributed by atoms with van der Waals surface area (Å²) in [6.07, 6.45) is 5.87. The highest BCUT2D eigenvalue weighted by atomic mass is 35.5. The molecular formula is C22H28ClN3O2. The van der Waals surface area contributed by atoms with Crippen molar-refractivity contribution in [3.63, 3.8) is 0 Å². The van der Waals surface area contributed by atoms with Gasteiger partial charge in [-0.15, -0.1) is 0 Å². The highest BCUT2D eigenvalue weighted by Gasteiger charge is 2.35. The van der Waals surface area contributed by atoms with Crippen molar-refractivity contribution in [2.75, 3.05) is 13.1 Å². The first kappa shape index (κ1) is 20.5. The monoisotopic (exact) mass is 401 g/mol. The number of unbranched alkanes of at least 4 members (excludes halogenated alkanes) is 1. The predicted molar refractivity (Wildman–Crippen MR) is 111 cm³/mol. The van der Waals surface area contributed by atoms with E-state index in [4.69, 9.17) is 11.6 Å². The normalized spacial score (nSPS) is 13.4. The van der Waals surface area contributed by atoms with E-state index < -0.39 is 0 Å². The van der Waals surface area contributed by atoms with Gasteiger partial charge in [-0.1, -0.05) is 24.9 Å². The van der Waals surface area contributed by atoms with Crippen LogP contribution in [0.15, 0.2) is 42.6 Å². The van der Waals surface area contributed by atoms with Crippen LogP contribution < -0.4 is 0 Å². The number of amides is 2. The summed E-state index contributed by atoms with van der Waals surface area (Å²) in [5.74, 6) is -0.0920. The number of hydrogen-bond donors (Lipinski definition) is 0. The Labute approximate surface area is 171 Å². The topological polar surface area (TPSA) is 45.6 Å². The molecule has 0 N–H and O–H groups in total. The van der Waals surface area contributed by atoms with E-state index in [2.05, 4.69) is 6.92 Å². The molecule has 6 heteroatoms. The van der Waals surface area contributed by atoms with E-state index in [1.165, 1.54) is 0 Å². The van der Waals surface area contributed by atoms with Gasteiger partial charge in [0.15, 0.2) is 0 Å². The second kappa shape index (κ2) is 9.28. The van der Waals surface area contributed by atoms with Crippen molar-refractivity contribution >= 4 is 23.4 Å². The third-order valence-corrected chi connectivity index (χ3v) is 5.44. The maximum Gasteiger partial charge on any atom is 0.254 e. The number of carbonyl (C=O) groups is 2. The van der Waals surface area contributed by atoms with Crippen LogP contribution in [0, 0.1) is 0 Å². The molecule has 1 aromatic heterocycles. The molecule has 0 aliphatic heterocycles. The number of aryl methyl sites for hydroxylation is 1. The van der Waals surface area contributed by atoms with Gasteiger partial charge in [-0.3, -0.25) is 9.59 Å². The van der Waals surface area contributed by atoms with Crippen LogP contribution in [0.5, 0.6) is 0 Å². The quantitative estimate of drug-likeness (QED) is 0.634. The molecule has 150 valence electrons. The fourth-order valence-electron chi connectivity index (χ4n) is 3.25. The number of halogens is 1. The zero-order chi connectivity index (χ0) is 20.1. The van der Waals surface area contributed by atoms with Gasteiger partial charge in [-0.25, -0.2) is 0 Å². The molecule has 1 aliphatic rings. The van der Waals surface area contributed by atoms with E-state index in [1.54, 1.807) is 29.2 Å². The van der Waals surface area contributed by atoms with Gasteiger partial charge in [0.25, 0.3) is 5.91 Å². The third kappa shape index (κ3) is 5.16. The fraction of sp³-hybridized carbons (Fsp3) is 0.455. The molecular weight excluding hydrogens is 374 g/mol. The van der Waals surface area contributed by atoms with Gasteiger partial charge < -0.3 is 14.4 Å². The van der Waals surface area contributed by atoms with Crippen molar-refractivity contribution in [2.45, 2.75) is 45.2 Å². The number of benzene rings is 1. The molecule has 1 heterocycles. The molecule has 0 unspecified atom stereocenters. The largest absolute Gasteiger partial charge is 0.353 e. The Hall–Kier alpha value is -2.27. The summed E-state index contributed by atoms with van der Waals surface area (Å²) in [7, 11) is 1.98. The van der Waals surface area contributed by atoms with Crippen LogP contribution in [0.4, 0.5) is 0 Å². The maximum atomic E-state index is 13.1. The Balaban J connectivity index is 1.72. The van der Waals surface area contributed by atoms with Crippen LogP contribution >= 0.6 is 11.6 Å². The Bertz CT molecular complexity index is 811. The Morgan fingerprint density at radius 1 is 1.18 bits per heavy atom. The van der Waals surface area contributed by atoms with Gasteiger partial charge in [0.05, 0.1) is 6.54 Å². The number of nitrogens with zero attached hydrogens (tertiary/aromatic N) is 3. The van der Waals surface area contributed by atoms with E-state index in [-0.39, 0.29) is 24.4 Å². The van der Waals surface area contributed by atoms with Crippen molar-refractivity contribution < 1.29 is 9.59 Å². The van der Waals surface area contributed by atoms with Crippen molar-refractivity contribution in [1.29, 1.82) is 0 Å². The van der Waals surface area contributed by atoms with Gasteiger partial charge in [-0.2, -0.15) is 0 Å². The summed E-state index contributed by atoms with van der Waals surface area (Å²) < 4.78 is 2.03. The highest BCUT2D eigenvalue weighted by Crippen LogP contribution is 2.28. The molecule has 1 aliphatic carbocycles. The summed E-state index contributed by atoms with van der Waals surface area (Å²) >= 11 is 5.94. The molecule has 2 aromatic rings. The number of rotatable bonds is 9. The van der Waals surface area contributed by atoms with Crippen molar-refractivity contribution in [3.05, 3.63) is 58.9 Å². The molecule has 0 atom stereocenters. The smallest absolute Gasteiger partial charge is 0.254 e. The minimum Gasteiger partial charge on any atom is -0.353 e. The number of carbonyl (C=O) groups excluding carboxylic acids is 2. The van der Waals surface area contributed by atoms with Crippen LogP contribution in [0.1, 0.15) is 48.7 Å². The van der Waals surface area contributed by atoms with Crippen LogP contribution in [0.25, 0.3) is 0 Å². The lowest BCUT2D eigenvalue weighted by Crippen LogP contribution is -2.44. The zero-order valence-electron chi connectivity index (χ0n) is 16.6. The lowest BCUT2D eigenvalue weighted by atomic mass is 10.2. The maximum absolute atomic E-state index is 13.1. The first-order valence-corrected chi connectivity index (χ1v) is 10.3. The first-order chi connectivity index (χ1) is 13.5. The summed E-state index contributed by atoms with van der Waals surface area (Å²) in [4.78, 5) is 29.7. The molecule has 2 amide bonds. The Morgan fingerprint density at radius 2 is 1.89 bits per heavy atom. The van der Waals surface area contributed by atoms with Gasteiger partial charge in [0.2, 0.25) is 5.91 Å². The Morgan fingerprint density at radius 3 is 2.46 bits per heavy atom. The first-order valence-electron chi connectivity index (χ1n) is 9.94. The molecule has 5 nitrogen and oxygen atoms in total. The molecule has 1 aromatic carbocycles. The number of aromatic nitrogens is 1. The molecule has 0 saturated heterocycles. The highest BCUT2D eigenvalue weighted by molar-refractivity contribution is 6.30. The van der Waals surface area contributed by atoms with Crippen LogP contribution in [0.2, 0.25) is 5.02 Å². The van der Waals surface area contributed by atoms with Gasteiger partial charge >= 0.3 is 0 Å². The van der Waals surface area contributed by atoms with Crippen LogP contribution in [0.3, 0.4) is 0 Å². The van der Waals surface area contributed by atoms with Gasteiger partial charge in [0, 0.05) is 42.1 Å². The van der Waals surface area contributed by atoms with E-state index in [0.717, 1.165) is 31.4 Å². The lowest BCUT2D eigenvalue weighted by Gasteiger charge is -2.28. The standard InChI is InChI=1S/C22H28ClN3O2/c1-3-4-14-25(15-20-6-5-13-24(20)2)21(27)16-26(19-11-12-19)22(28)17-7-9-18(23)10-8-17/h5-10,13,19H,3-4,11-12,14-16H2,1-2H3. The van der Waals surface area contributed by atoms with E-state index in [9.17, 15) is 9.59 Å². The second-order valence-corrected chi connectivity index (χ2v) is 7.89. The minimum absolute atomic E-state index is 0.00358. The third-order valence-electron chi connectivity index (χ3n) is 5.18. The average molecular weight is 402 g/mol. The molecule has 0 radical (unpaired) electrons. The van der Waals surface area contributed by atoms with E-state index >= 15 is 0 Å². The van der Waals surface area contributed by atoms with E-state index in [0.29, 0.717) is 23.7 Å². The summed E-state index contributed by atoms with van der Waals surface area (Å²) in [5.41, 5.74) is 1.66. The molecule has 1 saturated carbocycles. The predicted octanol–water partition coefficient (Wildman–Crippen LogP) is 4.11. The van der Waals surface area contributed by atoms with Gasteiger partial charge in [-0.05, 0) is 55.7 Å². The Kier molecular flexibility index (Phi) is 6.79. The minimum atomic E-state index is -0.0955. The SMILES string of the molecule is CCCCN(Cc1cccn1C)C(=O)CN(C(=O)c1ccc(Cl)cc1)C1CC1. The van der Waals surface area contributed by atoms with E-state index in [1.807, 2.05) is 34.8 Å². The molecule has 1 fully saturated rings. The second-order valence-electron chi connectivity index (χ2n) is 7.45. The van der Waals surface area contributed by atoms with Crippen molar-refractivity contribution in [3.8, 4) is 0 Å². The molecule has 0 spiro atoms. The zero-order valence-corrected chi connectivity index (χ0v) is 17.4. The molecule has 3 rings (SSSR count). The summed E-state index contributed by atoms with van der Waals surface area (Å²) in [6, 6.07) is 11.1. The summed E-state index contributed by atoms with van der Waals surface area (Å²) in [5, 5.41) is 0.596.